The van der Waals surface area contributed by atoms with E-state index in [-0.39, 0.29) is 17.6 Å². The van der Waals surface area contributed by atoms with Gasteiger partial charge in [-0.2, -0.15) is 5.10 Å². The maximum atomic E-state index is 14.5. The van der Waals surface area contributed by atoms with Gasteiger partial charge in [-0.15, -0.1) is 0 Å². The van der Waals surface area contributed by atoms with Crippen molar-refractivity contribution in [1.82, 2.24) is 19.7 Å². The lowest BCUT2D eigenvalue weighted by atomic mass is 9.96. The van der Waals surface area contributed by atoms with Crippen molar-refractivity contribution >= 4 is 29.5 Å². The quantitative estimate of drug-likeness (QED) is 0.459. The van der Waals surface area contributed by atoms with Crippen LogP contribution in [0, 0.1) is 17.0 Å². The molecule has 0 spiro atoms. The molecule has 3 aromatic rings. The number of amides is 1. The molecular formula is C21H21ClF2N4O2S. The smallest absolute Gasteiger partial charge is 0.407 e. The van der Waals surface area contributed by atoms with Crippen molar-refractivity contribution in [3.63, 3.8) is 0 Å². The lowest BCUT2D eigenvalue weighted by Gasteiger charge is -2.27. The molecule has 0 aliphatic carbocycles. The van der Waals surface area contributed by atoms with Crippen LogP contribution in [0.3, 0.4) is 0 Å². The fourth-order valence-electron chi connectivity index (χ4n) is 2.89. The molecule has 2 heterocycles. The number of aromatic nitrogens is 3. The summed E-state index contributed by atoms with van der Waals surface area (Å²) in [6, 6.07) is 8.26. The van der Waals surface area contributed by atoms with Crippen LogP contribution in [0.4, 0.5) is 13.6 Å². The summed E-state index contributed by atoms with van der Waals surface area (Å²) in [5.74, 6) is -1.48. The molecule has 0 aliphatic rings. The summed E-state index contributed by atoms with van der Waals surface area (Å²) in [5.41, 5.74) is 0.228. The number of benzene rings is 1. The second kappa shape index (κ2) is 9.23. The monoisotopic (exact) mass is 466 g/mol. The Balaban J connectivity index is 2.00. The van der Waals surface area contributed by atoms with Crippen LogP contribution in [-0.4, -0.2) is 37.4 Å². The van der Waals surface area contributed by atoms with Gasteiger partial charge in [-0.1, -0.05) is 44.1 Å². The minimum absolute atomic E-state index is 0.0227. The van der Waals surface area contributed by atoms with E-state index in [2.05, 4.69) is 10.1 Å². The standard InChI is InChI=1S/C21H21ClF2N4O2S/c1-21(2,3)12-27(20(29)30)11-14-9-19(31-15-5-7-18(22)25-10-15)28(26-14)17-6-4-13(23)8-16(17)24/h4-10H,11-12H2,1-3H3,(H,29,30). The van der Waals surface area contributed by atoms with Crippen LogP contribution in [0.25, 0.3) is 5.69 Å². The van der Waals surface area contributed by atoms with E-state index in [0.29, 0.717) is 22.4 Å². The van der Waals surface area contributed by atoms with E-state index in [1.54, 1.807) is 24.4 Å². The summed E-state index contributed by atoms with van der Waals surface area (Å²) in [6.45, 7) is 6.12. The van der Waals surface area contributed by atoms with Gasteiger partial charge in [0.15, 0.2) is 5.82 Å². The molecular weight excluding hydrogens is 446 g/mol. The van der Waals surface area contributed by atoms with Gasteiger partial charge in [0, 0.05) is 23.7 Å². The zero-order valence-electron chi connectivity index (χ0n) is 17.1. The normalized spacial score (nSPS) is 11.5. The number of hydrogen-bond acceptors (Lipinski definition) is 4. The van der Waals surface area contributed by atoms with E-state index >= 15 is 0 Å². The van der Waals surface area contributed by atoms with Crippen molar-refractivity contribution < 1.29 is 18.7 Å². The Morgan fingerprint density at radius 2 is 1.97 bits per heavy atom. The van der Waals surface area contributed by atoms with Crippen molar-refractivity contribution in [3.05, 3.63) is 65.1 Å². The second-order valence-electron chi connectivity index (χ2n) is 8.10. The second-order valence-corrected chi connectivity index (χ2v) is 9.58. The molecule has 0 bridgehead atoms. The number of rotatable bonds is 6. The molecule has 1 aromatic carbocycles. The van der Waals surface area contributed by atoms with E-state index in [1.165, 1.54) is 27.4 Å². The Bertz CT molecular complexity index is 1080. The Morgan fingerprint density at radius 1 is 1.23 bits per heavy atom. The first-order valence-electron chi connectivity index (χ1n) is 9.33. The summed E-state index contributed by atoms with van der Waals surface area (Å²) in [5, 5.41) is 14.9. The molecule has 1 N–H and O–H groups in total. The van der Waals surface area contributed by atoms with Crippen molar-refractivity contribution in [3.8, 4) is 5.69 Å². The predicted molar refractivity (Wildman–Crippen MR) is 115 cm³/mol. The molecule has 0 unspecified atom stereocenters. The van der Waals surface area contributed by atoms with Crippen LogP contribution in [0.1, 0.15) is 26.5 Å². The summed E-state index contributed by atoms with van der Waals surface area (Å²) in [4.78, 5) is 17.7. The summed E-state index contributed by atoms with van der Waals surface area (Å²) in [7, 11) is 0. The first-order chi connectivity index (χ1) is 14.5. The number of nitrogens with zero attached hydrogens (tertiary/aromatic N) is 4. The first kappa shape index (κ1) is 23.0. The number of hydrogen-bond donors (Lipinski definition) is 1. The molecule has 0 radical (unpaired) electrons. The Morgan fingerprint density at radius 3 is 2.55 bits per heavy atom. The minimum atomic E-state index is -1.08. The van der Waals surface area contributed by atoms with Crippen molar-refractivity contribution in [2.45, 2.75) is 37.2 Å². The van der Waals surface area contributed by atoms with E-state index in [0.717, 1.165) is 17.0 Å². The number of carbonyl (C=O) groups is 1. The minimum Gasteiger partial charge on any atom is -0.465 e. The van der Waals surface area contributed by atoms with Crippen LogP contribution in [0.15, 0.2) is 52.5 Å². The fourth-order valence-corrected chi connectivity index (χ4v) is 3.90. The van der Waals surface area contributed by atoms with Gasteiger partial charge in [-0.05, 0) is 35.7 Å². The van der Waals surface area contributed by atoms with E-state index in [1.807, 2.05) is 20.8 Å². The molecule has 0 saturated heterocycles. The molecule has 6 nitrogen and oxygen atoms in total. The number of halogens is 3. The molecule has 164 valence electrons. The largest absolute Gasteiger partial charge is 0.465 e. The number of pyridine rings is 1. The third-order valence-corrected chi connectivity index (χ3v) is 5.28. The summed E-state index contributed by atoms with van der Waals surface area (Å²) < 4.78 is 29.2. The van der Waals surface area contributed by atoms with Gasteiger partial charge in [0.1, 0.15) is 21.7 Å². The fraction of sp³-hybridized carbons (Fsp3) is 0.286. The summed E-state index contributed by atoms with van der Waals surface area (Å²) >= 11 is 7.09. The van der Waals surface area contributed by atoms with Gasteiger partial charge in [0.25, 0.3) is 0 Å². The van der Waals surface area contributed by atoms with Crippen molar-refractivity contribution in [2.75, 3.05) is 6.54 Å². The van der Waals surface area contributed by atoms with E-state index in [4.69, 9.17) is 11.6 Å². The highest BCUT2D eigenvalue weighted by atomic mass is 35.5. The molecule has 0 saturated carbocycles. The molecule has 3 rings (SSSR count). The highest BCUT2D eigenvalue weighted by Gasteiger charge is 2.23. The molecule has 31 heavy (non-hydrogen) atoms. The Kier molecular flexibility index (Phi) is 6.86. The van der Waals surface area contributed by atoms with Gasteiger partial charge in [0.05, 0.1) is 12.2 Å². The molecule has 0 fully saturated rings. The lowest BCUT2D eigenvalue weighted by molar-refractivity contribution is 0.122. The summed E-state index contributed by atoms with van der Waals surface area (Å²) in [6.07, 6.45) is 0.488. The average Bonchev–Trinajstić information content (AvgIpc) is 3.04. The third-order valence-electron chi connectivity index (χ3n) is 4.08. The molecule has 0 atom stereocenters. The molecule has 0 aliphatic heterocycles. The van der Waals surface area contributed by atoms with Gasteiger partial charge in [-0.3, -0.25) is 0 Å². The topological polar surface area (TPSA) is 71.2 Å². The molecule has 10 heteroatoms. The zero-order chi connectivity index (χ0) is 22.8. The lowest BCUT2D eigenvalue weighted by Crippen LogP contribution is -2.36. The number of carboxylic acid groups (broad SMARTS) is 1. The SMILES string of the molecule is CC(C)(C)CN(Cc1cc(Sc2ccc(Cl)nc2)n(-c2ccc(F)cc2F)n1)C(=O)O. The third kappa shape index (κ3) is 6.18. The van der Waals surface area contributed by atoms with Gasteiger partial charge >= 0.3 is 6.09 Å². The van der Waals surface area contributed by atoms with Crippen LogP contribution in [0.2, 0.25) is 5.15 Å². The Hall–Kier alpha value is -2.65. The van der Waals surface area contributed by atoms with Gasteiger partial charge in [0.2, 0.25) is 0 Å². The highest BCUT2D eigenvalue weighted by molar-refractivity contribution is 7.99. The Labute approximate surface area is 187 Å². The predicted octanol–water partition coefficient (Wildman–Crippen LogP) is 5.88. The van der Waals surface area contributed by atoms with Crippen molar-refractivity contribution in [1.29, 1.82) is 0 Å². The molecule has 1 amide bonds. The van der Waals surface area contributed by atoms with Crippen LogP contribution < -0.4 is 0 Å². The maximum Gasteiger partial charge on any atom is 0.407 e. The van der Waals surface area contributed by atoms with Crippen LogP contribution in [0.5, 0.6) is 0 Å². The zero-order valence-corrected chi connectivity index (χ0v) is 18.7. The van der Waals surface area contributed by atoms with Crippen LogP contribution >= 0.6 is 23.4 Å². The first-order valence-corrected chi connectivity index (χ1v) is 10.5. The van der Waals surface area contributed by atoms with E-state index in [9.17, 15) is 18.7 Å². The van der Waals surface area contributed by atoms with Gasteiger partial charge < -0.3 is 10.0 Å². The van der Waals surface area contributed by atoms with Gasteiger partial charge in [-0.25, -0.2) is 23.2 Å². The van der Waals surface area contributed by atoms with Crippen LogP contribution in [-0.2, 0) is 6.54 Å². The molecule has 2 aromatic heterocycles. The highest BCUT2D eigenvalue weighted by Crippen LogP contribution is 2.31. The van der Waals surface area contributed by atoms with Crippen molar-refractivity contribution in [2.24, 2.45) is 5.41 Å². The maximum absolute atomic E-state index is 14.5. The van der Waals surface area contributed by atoms with E-state index < -0.39 is 17.7 Å². The average molecular weight is 467 g/mol.